The van der Waals surface area contributed by atoms with E-state index < -0.39 is 23.5 Å². The third kappa shape index (κ3) is 3.62. The largest absolute Gasteiger partial charge is 0.494 e. The number of nitrogens with two attached hydrogens (primary N) is 1. The lowest BCUT2D eigenvalue weighted by atomic mass is 10.1. The summed E-state index contributed by atoms with van der Waals surface area (Å²) >= 11 is 0. The minimum atomic E-state index is -4.65. The zero-order chi connectivity index (χ0) is 17.9. The Kier molecular flexibility index (Phi) is 4.72. The molecule has 1 heterocycles. The number of amides is 1. The fourth-order valence-electron chi connectivity index (χ4n) is 1.91. The molecule has 24 heavy (non-hydrogen) atoms. The second-order valence-corrected chi connectivity index (χ2v) is 4.69. The van der Waals surface area contributed by atoms with E-state index in [1.165, 1.54) is 19.2 Å². The molecule has 9 heteroatoms. The highest BCUT2D eigenvalue weighted by atomic mass is 19.4. The Labute approximate surface area is 135 Å². The number of carbonyl (C=O) groups is 1. The molecule has 0 saturated carbocycles. The lowest BCUT2D eigenvalue weighted by molar-refractivity contribution is -0.141. The van der Waals surface area contributed by atoms with Gasteiger partial charge < -0.3 is 21.2 Å². The Morgan fingerprint density at radius 2 is 2.08 bits per heavy atom. The number of pyridine rings is 1. The van der Waals surface area contributed by atoms with Gasteiger partial charge in [0.15, 0.2) is 0 Å². The van der Waals surface area contributed by atoms with Crippen molar-refractivity contribution in [3.63, 3.8) is 0 Å². The van der Waals surface area contributed by atoms with E-state index in [1.807, 2.05) is 0 Å². The molecule has 2 aromatic rings. The van der Waals surface area contributed by atoms with Crippen LogP contribution in [0.1, 0.15) is 21.7 Å². The zero-order valence-corrected chi connectivity index (χ0v) is 12.4. The predicted molar refractivity (Wildman–Crippen MR) is 82.5 cm³/mol. The van der Waals surface area contributed by atoms with Crippen molar-refractivity contribution in [1.29, 1.82) is 5.41 Å². The fourth-order valence-corrected chi connectivity index (χ4v) is 1.91. The van der Waals surface area contributed by atoms with Gasteiger partial charge >= 0.3 is 6.18 Å². The molecule has 4 N–H and O–H groups in total. The average molecular weight is 338 g/mol. The monoisotopic (exact) mass is 338 g/mol. The minimum Gasteiger partial charge on any atom is -0.494 e. The second kappa shape index (κ2) is 6.57. The maximum Gasteiger partial charge on any atom is 0.433 e. The molecule has 0 saturated heterocycles. The van der Waals surface area contributed by atoms with Crippen LogP contribution in [0.25, 0.3) is 0 Å². The van der Waals surface area contributed by atoms with Crippen LogP contribution >= 0.6 is 0 Å². The van der Waals surface area contributed by atoms with Crippen molar-refractivity contribution in [1.82, 2.24) is 4.98 Å². The number of methoxy groups -OCH3 is 1. The summed E-state index contributed by atoms with van der Waals surface area (Å²) < 4.78 is 43.1. The molecule has 1 aromatic heterocycles. The molecule has 0 atom stereocenters. The molecular weight excluding hydrogens is 325 g/mol. The summed E-state index contributed by atoms with van der Waals surface area (Å²) in [5.74, 6) is -0.640. The second-order valence-electron chi connectivity index (χ2n) is 4.69. The summed E-state index contributed by atoms with van der Waals surface area (Å²) in [5.41, 5.74) is 4.88. The number of anilines is 2. The number of nitrogens with zero attached hydrogens (tertiary/aromatic N) is 1. The Bertz CT molecular complexity index is 791. The third-order valence-corrected chi connectivity index (χ3v) is 3.08. The summed E-state index contributed by atoms with van der Waals surface area (Å²) in [5, 5.41) is 9.66. The van der Waals surface area contributed by atoms with E-state index in [4.69, 9.17) is 15.9 Å². The van der Waals surface area contributed by atoms with E-state index in [0.717, 1.165) is 24.4 Å². The number of halogens is 3. The van der Waals surface area contributed by atoms with E-state index >= 15 is 0 Å². The normalized spacial score (nSPS) is 11.0. The number of alkyl halides is 3. The first-order valence-electron chi connectivity index (χ1n) is 6.60. The van der Waals surface area contributed by atoms with Crippen LogP contribution in [-0.4, -0.2) is 24.2 Å². The molecule has 1 aromatic carbocycles. The molecule has 2 rings (SSSR count). The van der Waals surface area contributed by atoms with Crippen molar-refractivity contribution in [3.8, 4) is 5.75 Å². The topological polar surface area (TPSA) is 101 Å². The Morgan fingerprint density at radius 3 is 2.67 bits per heavy atom. The van der Waals surface area contributed by atoms with Gasteiger partial charge in [-0.05, 0) is 18.2 Å². The molecule has 6 nitrogen and oxygen atoms in total. The summed E-state index contributed by atoms with van der Waals surface area (Å²) in [6.45, 7) is 0. The number of hydrogen-bond acceptors (Lipinski definition) is 5. The van der Waals surface area contributed by atoms with Crippen molar-refractivity contribution >= 4 is 23.5 Å². The van der Waals surface area contributed by atoms with Gasteiger partial charge in [0.25, 0.3) is 5.91 Å². The molecule has 0 aliphatic carbocycles. The summed E-state index contributed by atoms with van der Waals surface area (Å²) in [6.07, 6.45) is -3.67. The van der Waals surface area contributed by atoms with Crippen molar-refractivity contribution < 1.29 is 22.7 Å². The number of nitrogens with one attached hydrogen (secondary N) is 2. The maximum absolute atomic E-state index is 12.7. The highest BCUT2D eigenvalue weighted by Gasteiger charge is 2.33. The highest BCUT2D eigenvalue weighted by Crippen LogP contribution is 2.30. The van der Waals surface area contributed by atoms with Crippen molar-refractivity contribution in [2.45, 2.75) is 6.18 Å². The molecule has 1 amide bonds. The minimum absolute atomic E-state index is 0.161. The maximum atomic E-state index is 12.7. The number of nitrogen functional groups attached to an aromatic ring is 1. The van der Waals surface area contributed by atoms with Gasteiger partial charge in [0.05, 0.1) is 12.8 Å². The molecule has 0 spiro atoms. The quantitative estimate of drug-likeness (QED) is 0.589. The van der Waals surface area contributed by atoms with Gasteiger partial charge in [-0.3, -0.25) is 4.79 Å². The van der Waals surface area contributed by atoms with Crippen LogP contribution < -0.4 is 15.8 Å². The molecule has 0 radical (unpaired) electrons. The van der Waals surface area contributed by atoms with Gasteiger partial charge in [0.1, 0.15) is 17.1 Å². The first-order chi connectivity index (χ1) is 11.3. The van der Waals surface area contributed by atoms with Crippen molar-refractivity contribution in [3.05, 3.63) is 47.3 Å². The van der Waals surface area contributed by atoms with Gasteiger partial charge in [0.2, 0.25) is 0 Å². The van der Waals surface area contributed by atoms with Gasteiger partial charge in [-0.15, -0.1) is 0 Å². The van der Waals surface area contributed by atoms with Crippen LogP contribution in [0.4, 0.5) is 24.5 Å². The van der Waals surface area contributed by atoms with Gasteiger partial charge in [-0.25, -0.2) is 4.98 Å². The third-order valence-electron chi connectivity index (χ3n) is 3.08. The van der Waals surface area contributed by atoms with E-state index in [0.29, 0.717) is 5.56 Å². The summed E-state index contributed by atoms with van der Waals surface area (Å²) in [6, 6.07) is 5.80. The lowest BCUT2D eigenvalue weighted by Crippen LogP contribution is -2.17. The number of ether oxygens (including phenoxy) is 1. The van der Waals surface area contributed by atoms with Crippen LogP contribution in [0.15, 0.2) is 30.3 Å². The Balaban J connectivity index is 2.35. The number of carbonyl (C=O) groups excluding carboxylic acids is 1. The molecule has 0 fully saturated rings. The molecule has 0 aliphatic rings. The first-order valence-corrected chi connectivity index (χ1v) is 6.60. The molecule has 126 valence electrons. The summed E-state index contributed by atoms with van der Waals surface area (Å²) in [4.78, 5) is 15.5. The first kappa shape index (κ1) is 17.3. The van der Waals surface area contributed by atoms with Gasteiger partial charge in [0, 0.05) is 23.5 Å². The molecule has 0 bridgehead atoms. The van der Waals surface area contributed by atoms with E-state index in [2.05, 4.69) is 10.3 Å². The number of aromatic nitrogens is 1. The van der Waals surface area contributed by atoms with Crippen LogP contribution in [-0.2, 0) is 6.18 Å². The number of benzene rings is 1. The Morgan fingerprint density at radius 1 is 1.38 bits per heavy atom. The SMILES string of the molecule is COc1cc(N)c(C=N)cc1NC(=O)c1cccc(C(F)(F)F)n1. The zero-order valence-electron chi connectivity index (χ0n) is 12.4. The molecule has 0 unspecified atom stereocenters. The lowest BCUT2D eigenvalue weighted by Gasteiger charge is -2.13. The number of hydrogen-bond donors (Lipinski definition) is 3. The Hall–Kier alpha value is -3.10. The smallest absolute Gasteiger partial charge is 0.433 e. The van der Waals surface area contributed by atoms with Crippen molar-refractivity contribution in [2.24, 2.45) is 0 Å². The van der Waals surface area contributed by atoms with Crippen LogP contribution in [0.2, 0.25) is 0 Å². The highest BCUT2D eigenvalue weighted by molar-refractivity contribution is 6.04. The van der Waals surface area contributed by atoms with Gasteiger partial charge in [-0.2, -0.15) is 13.2 Å². The molecule has 0 aliphatic heterocycles. The molecular formula is C15H13F3N4O2. The van der Waals surface area contributed by atoms with Crippen LogP contribution in [0.3, 0.4) is 0 Å². The van der Waals surface area contributed by atoms with Crippen molar-refractivity contribution in [2.75, 3.05) is 18.2 Å². The van der Waals surface area contributed by atoms with E-state index in [-0.39, 0.29) is 17.1 Å². The van der Waals surface area contributed by atoms with Crippen LogP contribution in [0, 0.1) is 5.41 Å². The number of rotatable bonds is 4. The van der Waals surface area contributed by atoms with Crippen LogP contribution in [0.5, 0.6) is 5.75 Å². The van der Waals surface area contributed by atoms with E-state index in [9.17, 15) is 18.0 Å². The average Bonchev–Trinajstić information content (AvgIpc) is 2.55. The predicted octanol–water partition coefficient (Wildman–Crippen LogP) is 2.94. The summed E-state index contributed by atoms with van der Waals surface area (Å²) in [7, 11) is 1.34. The fraction of sp³-hybridized carbons (Fsp3) is 0.133. The standard InChI is InChI=1S/C15H13F3N4O2/c1-24-12-6-9(20)8(7-19)5-11(12)22-14(23)10-3-2-4-13(21-10)15(16,17)18/h2-7,19H,20H2,1H3,(H,22,23). The van der Waals surface area contributed by atoms with E-state index in [1.54, 1.807) is 0 Å². The van der Waals surface area contributed by atoms with Gasteiger partial charge in [-0.1, -0.05) is 6.07 Å².